The number of aromatic nitrogens is 2. The highest BCUT2D eigenvalue weighted by molar-refractivity contribution is 5.60. The average molecular weight is 188 g/mol. The van der Waals surface area contributed by atoms with Gasteiger partial charge in [0.15, 0.2) is 10.9 Å². The lowest BCUT2D eigenvalue weighted by molar-refractivity contribution is 1.26. The summed E-state index contributed by atoms with van der Waals surface area (Å²) in [7, 11) is 0. The van der Waals surface area contributed by atoms with Gasteiger partial charge in [-0.25, -0.2) is 0 Å². The minimum Gasteiger partial charge on any atom is -0.367 e. The molecule has 0 aromatic carbocycles. The van der Waals surface area contributed by atoms with Crippen LogP contribution in [0.1, 0.15) is 0 Å². The van der Waals surface area contributed by atoms with Crippen LogP contribution in [0.15, 0.2) is 46.5 Å². The van der Waals surface area contributed by atoms with Crippen molar-refractivity contribution in [3.8, 4) is 11.1 Å². The standard InChI is InChI=1S/C10H8N2O2/c13-9-1-3-11-5-7(9)8-6-12-4-2-10(8)14/h1-6H,(H,11,13)(H,12,14). The minimum atomic E-state index is -0.166. The van der Waals surface area contributed by atoms with Gasteiger partial charge in [0.05, 0.1) is 11.1 Å². The summed E-state index contributed by atoms with van der Waals surface area (Å²) in [6, 6.07) is 2.78. The molecular formula is C10H8N2O2. The van der Waals surface area contributed by atoms with Crippen molar-refractivity contribution < 1.29 is 0 Å². The fraction of sp³-hybridized carbons (Fsp3) is 0. The van der Waals surface area contributed by atoms with Gasteiger partial charge >= 0.3 is 0 Å². The molecule has 2 rings (SSSR count). The molecule has 0 fully saturated rings. The summed E-state index contributed by atoms with van der Waals surface area (Å²) in [6.45, 7) is 0. The van der Waals surface area contributed by atoms with Crippen molar-refractivity contribution in [3.05, 3.63) is 57.4 Å². The van der Waals surface area contributed by atoms with Crippen LogP contribution in [0.25, 0.3) is 11.1 Å². The van der Waals surface area contributed by atoms with Crippen LogP contribution in [0.2, 0.25) is 0 Å². The molecule has 0 radical (unpaired) electrons. The van der Waals surface area contributed by atoms with Crippen LogP contribution in [-0.2, 0) is 0 Å². The van der Waals surface area contributed by atoms with Crippen molar-refractivity contribution in [2.45, 2.75) is 0 Å². The SMILES string of the molecule is O=c1cc[nH]cc1-c1c[nH]ccc1=O. The van der Waals surface area contributed by atoms with Gasteiger partial charge in [0.1, 0.15) is 0 Å². The van der Waals surface area contributed by atoms with Gasteiger partial charge in [-0.2, -0.15) is 0 Å². The Morgan fingerprint density at radius 3 is 1.57 bits per heavy atom. The predicted octanol–water partition coefficient (Wildman–Crippen LogP) is 0.730. The number of hydrogen-bond donors (Lipinski definition) is 2. The third kappa shape index (κ3) is 1.37. The van der Waals surface area contributed by atoms with E-state index >= 15 is 0 Å². The van der Waals surface area contributed by atoms with Crippen LogP contribution < -0.4 is 10.9 Å². The van der Waals surface area contributed by atoms with Crippen molar-refractivity contribution in [1.29, 1.82) is 0 Å². The lowest BCUT2D eigenvalue weighted by Crippen LogP contribution is -2.10. The Kier molecular flexibility index (Phi) is 2.02. The molecule has 0 atom stereocenters. The Balaban J connectivity index is 2.74. The van der Waals surface area contributed by atoms with Crippen LogP contribution in [0, 0.1) is 0 Å². The summed E-state index contributed by atoms with van der Waals surface area (Å²) in [4.78, 5) is 28.3. The number of hydrogen-bond acceptors (Lipinski definition) is 2. The highest BCUT2D eigenvalue weighted by Crippen LogP contribution is 2.05. The quantitative estimate of drug-likeness (QED) is 0.692. The van der Waals surface area contributed by atoms with Gasteiger partial charge in [-0.05, 0) is 0 Å². The topological polar surface area (TPSA) is 65.7 Å². The highest BCUT2D eigenvalue weighted by Gasteiger charge is 2.04. The summed E-state index contributed by atoms with van der Waals surface area (Å²) in [5.74, 6) is 0. The normalized spacial score (nSPS) is 10.0. The molecule has 0 saturated carbocycles. The van der Waals surface area contributed by atoms with Crippen LogP contribution in [0.4, 0.5) is 0 Å². The van der Waals surface area contributed by atoms with Crippen molar-refractivity contribution in [1.82, 2.24) is 9.97 Å². The van der Waals surface area contributed by atoms with E-state index in [1.54, 1.807) is 0 Å². The Morgan fingerprint density at radius 2 is 1.21 bits per heavy atom. The molecule has 2 aromatic rings. The second kappa shape index (κ2) is 3.33. The first kappa shape index (κ1) is 8.50. The largest absolute Gasteiger partial charge is 0.367 e. The van der Waals surface area contributed by atoms with E-state index in [1.807, 2.05) is 0 Å². The molecule has 0 spiro atoms. The fourth-order valence-electron chi connectivity index (χ4n) is 1.25. The first-order valence-corrected chi connectivity index (χ1v) is 4.13. The molecule has 2 heterocycles. The van der Waals surface area contributed by atoms with Gasteiger partial charge in [0.2, 0.25) is 0 Å². The monoisotopic (exact) mass is 188 g/mol. The summed E-state index contributed by atoms with van der Waals surface area (Å²) < 4.78 is 0. The van der Waals surface area contributed by atoms with Crippen molar-refractivity contribution in [2.75, 3.05) is 0 Å². The van der Waals surface area contributed by atoms with Gasteiger partial charge in [-0.15, -0.1) is 0 Å². The average Bonchev–Trinajstić information content (AvgIpc) is 2.20. The number of pyridine rings is 2. The molecule has 70 valence electrons. The van der Waals surface area contributed by atoms with E-state index in [2.05, 4.69) is 9.97 Å². The van der Waals surface area contributed by atoms with Crippen molar-refractivity contribution in [3.63, 3.8) is 0 Å². The van der Waals surface area contributed by atoms with E-state index in [1.165, 1.54) is 36.9 Å². The molecule has 0 aliphatic carbocycles. The number of nitrogens with one attached hydrogen (secondary N) is 2. The molecule has 0 aliphatic rings. The lowest BCUT2D eigenvalue weighted by Gasteiger charge is -1.97. The zero-order valence-electron chi connectivity index (χ0n) is 7.28. The molecule has 0 unspecified atom stereocenters. The summed E-state index contributed by atoms with van der Waals surface area (Å²) in [5.41, 5.74) is 0.435. The number of H-pyrrole nitrogens is 2. The van der Waals surface area contributed by atoms with E-state index < -0.39 is 0 Å². The van der Waals surface area contributed by atoms with Gasteiger partial charge in [-0.3, -0.25) is 9.59 Å². The van der Waals surface area contributed by atoms with Crippen molar-refractivity contribution >= 4 is 0 Å². The van der Waals surface area contributed by atoms with E-state index in [0.717, 1.165) is 0 Å². The zero-order chi connectivity index (χ0) is 9.97. The predicted molar refractivity (Wildman–Crippen MR) is 53.1 cm³/mol. The maximum absolute atomic E-state index is 11.4. The molecule has 2 aromatic heterocycles. The van der Waals surface area contributed by atoms with Crippen LogP contribution >= 0.6 is 0 Å². The van der Waals surface area contributed by atoms with Crippen LogP contribution in [-0.4, -0.2) is 9.97 Å². The van der Waals surface area contributed by atoms with E-state index in [9.17, 15) is 9.59 Å². The summed E-state index contributed by atoms with van der Waals surface area (Å²) >= 11 is 0. The smallest absolute Gasteiger partial charge is 0.189 e. The van der Waals surface area contributed by atoms with Gasteiger partial charge in [0, 0.05) is 36.9 Å². The molecule has 14 heavy (non-hydrogen) atoms. The molecular weight excluding hydrogens is 180 g/mol. The van der Waals surface area contributed by atoms with Crippen LogP contribution in [0.5, 0.6) is 0 Å². The van der Waals surface area contributed by atoms with Crippen molar-refractivity contribution in [2.24, 2.45) is 0 Å². The highest BCUT2D eigenvalue weighted by atomic mass is 16.1. The molecule has 0 aliphatic heterocycles. The Bertz CT molecular complexity index is 503. The van der Waals surface area contributed by atoms with Gasteiger partial charge in [0.25, 0.3) is 0 Å². The second-order valence-corrected chi connectivity index (χ2v) is 2.84. The zero-order valence-corrected chi connectivity index (χ0v) is 7.28. The van der Waals surface area contributed by atoms with Gasteiger partial charge in [-0.1, -0.05) is 0 Å². The fourth-order valence-corrected chi connectivity index (χ4v) is 1.25. The second-order valence-electron chi connectivity index (χ2n) is 2.84. The van der Waals surface area contributed by atoms with E-state index in [4.69, 9.17) is 0 Å². The maximum Gasteiger partial charge on any atom is 0.189 e. The van der Waals surface area contributed by atoms with Crippen LogP contribution in [0.3, 0.4) is 0 Å². The van der Waals surface area contributed by atoms with E-state index in [-0.39, 0.29) is 10.9 Å². The molecule has 2 N–H and O–H groups in total. The summed E-state index contributed by atoms with van der Waals surface area (Å²) in [6.07, 6.45) is 6.10. The first-order valence-electron chi connectivity index (χ1n) is 4.13. The first-order chi connectivity index (χ1) is 6.79. The molecule has 4 nitrogen and oxygen atoms in total. The van der Waals surface area contributed by atoms with E-state index in [0.29, 0.717) is 11.1 Å². The number of aromatic amines is 2. The molecule has 0 bridgehead atoms. The Morgan fingerprint density at radius 1 is 0.786 bits per heavy atom. The third-order valence-electron chi connectivity index (χ3n) is 1.94. The summed E-state index contributed by atoms with van der Waals surface area (Å²) in [5, 5.41) is 0. The maximum atomic E-state index is 11.4. The van der Waals surface area contributed by atoms with Gasteiger partial charge < -0.3 is 9.97 Å². The Hall–Kier alpha value is -2.10. The number of rotatable bonds is 1. The third-order valence-corrected chi connectivity index (χ3v) is 1.94. The molecule has 4 heteroatoms. The lowest BCUT2D eigenvalue weighted by atomic mass is 10.1. The minimum absolute atomic E-state index is 0.166. The molecule has 0 saturated heterocycles. The molecule has 0 amide bonds. The Labute approximate surface area is 79.3 Å².